The van der Waals surface area contributed by atoms with E-state index in [0.29, 0.717) is 16.5 Å². The Morgan fingerprint density at radius 1 is 1.29 bits per heavy atom. The summed E-state index contributed by atoms with van der Waals surface area (Å²) < 4.78 is 11.5. The summed E-state index contributed by atoms with van der Waals surface area (Å²) in [6.07, 6.45) is 0.811. The van der Waals surface area contributed by atoms with Gasteiger partial charge in [0.25, 0.3) is 5.91 Å². The van der Waals surface area contributed by atoms with Gasteiger partial charge in [0.15, 0.2) is 6.10 Å². The molecule has 0 saturated carbocycles. The predicted molar refractivity (Wildman–Crippen MR) is 98.0 cm³/mol. The molecule has 0 radical (unpaired) electrons. The van der Waals surface area contributed by atoms with E-state index in [9.17, 15) is 4.79 Å². The highest BCUT2D eigenvalue weighted by Gasteiger charge is 2.14. The lowest BCUT2D eigenvalue weighted by Crippen LogP contribution is -2.33. The Balaban J connectivity index is 1.94. The zero-order valence-corrected chi connectivity index (χ0v) is 15.5. The maximum atomic E-state index is 12.0. The molecule has 5 nitrogen and oxygen atoms in total. The highest BCUT2D eigenvalue weighted by Crippen LogP contribution is 2.21. The van der Waals surface area contributed by atoms with Gasteiger partial charge in [0.05, 0.1) is 13.3 Å². The van der Waals surface area contributed by atoms with E-state index in [1.165, 1.54) is 6.21 Å². The van der Waals surface area contributed by atoms with Crippen LogP contribution in [0.1, 0.15) is 12.5 Å². The Morgan fingerprint density at radius 3 is 2.79 bits per heavy atom. The summed E-state index contributed by atoms with van der Waals surface area (Å²) in [6, 6.07) is 12.3. The molecule has 2 aromatic rings. The van der Waals surface area contributed by atoms with E-state index in [2.05, 4.69) is 26.5 Å². The van der Waals surface area contributed by atoms with Gasteiger partial charge in [-0.2, -0.15) is 5.10 Å². The number of nitrogens with zero attached hydrogens (tertiary/aromatic N) is 1. The lowest BCUT2D eigenvalue weighted by Gasteiger charge is -2.13. The fraction of sp³-hybridized carbons (Fsp3) is 0.176. The number of ether oxygens (including phenoxy) is 2. The Bertz CT molecular complexity index is 752. The number of nitrogens with one attached hydrogen (secondary N) is 1. The van der Waals surface area contributed by atoms with Gasteiger partial charge in [-0.3, -0.25) is 4.79 Å². The normalized spacial score (nSPS) is 12.0. The number of carbonyl (C=O) groups excluding carboxylic acids is 1. The van der Waals surface area contributed by atoms with Crippen LogP contribution in [0, 0.1) is 0 Å². The number of halogens is 2. The first-order valence-electron chi connectivity index (χ1n) is 7.08. The van der Waals surface area contributed by atoms with Crippen molar-refractivity contribution < 1.29 is 14.3 Å². The van der Waals surface area contributed by atoms with Gasteiger partial charge < -0.3 is 9.47 Å². The van der Waals surface area contributed by atoms with Crippen LogP contribution in [0.4, 0.5) is 0 Å². The molecule has 0 aliphatic rings. The van der Waals surface area contributed by atoms with Crippen LogP contribution >= 0.6 is 27.5 Å². The second-order valence-corrected chi connectivity index (χ2v) is 6.13. The van der Waals surface area contributed by atoms with Crippen molar-refractivity contribution in [2.75, 3.05) is 7.11 Å². The summed E-state index contributed by atoms with van der Waals surface area (Å²) >= 11 is 9.29. The fourth-order valence-electron chi connectivity index (χ4n) is 1.80. The lowest BCUT2D eigenvalue weighted by molar-refractivity contribution is -0.127. The van der Waals surface area contributed by atoms with E-state index in [4.69, 9.17) is 21.1 Å². The fourth-order valence-corrected chi connectivity index (χ4v) is 2.33. The topological polar surface area (TPSA) is 59.9 Å². The third kappa shape index (κ3) is 5.25. The van der Waals surface area contributed by atoms with Gasteiger partial charge in [0.1, 0.15) is 11.5 Å². The molecule has 0 saturated heterocycles. The van der Waals surface area contributed by atoms with Gasteiger partial charge in [0.2, 0.25) is 0 Å². The van der Waals surface area contributed by atoms with Crippen LogP contribution in [0.25, 0.3) is 0 Å². The summed E-state index contributed by atoms with van der Waals surface area (Å²) in [6.45, 7) is 1.63. The number of rotatable bonds is 6. The minimum absolute atomic E-state index is 0.370. The van der Waals surface area contributed by atoms with E-state index in [0.717, 1.165) is 10.0 Å². The minimum atomic E-state index is -0.714. The van der Waals surface area contributed by atoms with E-state index < -0.39 is 6.10 Å². The lowest BCUT2D eigenvalue weighted by atomic mass is 10.2. The van der Waals surface area contributed by atoms with Crippen LogP contribution in [0.5, 0.6) is 11.5 Å². The summed E-state index contributed by atoms with van der Waals surface area (Å²) in [5.41, 5.74) is 3.22. The average Bonchev–Trinajstić information content (AvgIpc) is 2.56. The Hall–Kier alpha value is -2.05. The average molecular weight is 412 g/mol. The molecule has 0 bridgehead atoms. The monoisotopic (exact) mass is 410 g/mol. The molecule has 0 aliphatic heterocycles. The van der Waals surface area contributed by atoms with Gasteiger partial charge in [-0.05, 0) is 43.3 Å². The summed E-state index contributed by atoms with van der Waals surface area (Å²) in [5, 5.41) is 4.48. The molecule has 1 N–H and O–H groups in total. The van der Waals surface area contributed by atoms with Crippen molar-refractivity contribution in [3.8, 4) is 11.5 Å². The van der Waals surface area contributed by atoms with Crippen molar-refractivity contribution in [2.45, 2.75) is 13.0 Å². The molecule has 24 heavy (non-hydrogen) atoms. The van der Waals surface area contributed by atoms with Gasteiger partial charge in [-0.15, -0.1) is 0 Å². The molecule has 0 aliphatic carbocycles. The molecule has 2 rings (SSSR count). The summed E-state index contributed by atoms with van der Waals surface area (Å²) in [5.74, 6) is 0.846. The van der Waals surface area contributed by atoms with Crippen molar-refractivity contribution in [2.24, 2.45) is 5.10 Å². The third-order valence-corrected chi connectivity index (χ3v) is 4.02. The number of amides is 1. The zero-order chi connectivity index (χ0) is 17.5. The largest absolute Gasteiger partial charge is 0.497 e. The molecule has 0 heterocycles. The quantitative estimate of drug-likeness (QED) is 0.577. The Morgan fingerprint density at radius 2 is 2.08 bits per heavy atom. The van der Waals surface area contributed by atoms with Crippen molar-refractivity contribution in [3.05, 3.63) is 57.5 Å². The molecular formula is C17H16BrClN2O3. The van der Waals surface area contributed by atoms with Crippen molar-refractivity contribution >= 4 is 39.7 Å². The number of benzene rings is 2. The van der Waals surface area contributed by atoms with Crippen LogP contribution in [0.2, 0.25) is 5.02 Å². The standard InChI is InChI=1S/C17H16BrClN2O3/c1-11(24-15-5-3-4-13(19)9-15)17(22)21-20-10-12-8-14(23-2)6-7-16(12)18/h3-11H,1-2H3,(H,21,22). The van der Waals surface area contributed by atoms with Crippen LogP contribution in [0.15, 0.2) is 52.0 Å². The number of hydrazone groups is 1. The molecule has 1 atom stereocenters. The maximum absolute atomic E-state index is 12.0. The molecule has 2 aromatic carbocycles. The molecule has 126 valence electrons. The minimum Gasteiger partial charge on any atom is -0.497 e. The molecule has 7 heteroatoms. The number of carbonyl (C=O) groups is 1. The van der Waals surface area contributed by atoms with Gasteiger partial charge in [0, 0.05) is 15.1 Å². The molecule has 0 spiro atoms. The molecular weight excluding hydrogens is 396 g/mol. The van der Waals surface area contributed by atoms with E-state index >= 15 is 0 Å². The first-order valence-corrected chi connectivity index (χ1v) is 8.25. The number of methoxy groups -OCH3 is 1. The molecule has 1 unspecified atom stereocenters. The van der Waals surface area contributed by atoms with Crippen molar-refractivity contribution in [3.63, 3.8) is 0 Å². The number of hydrogen-bond donors (Lipinski definition) is 1. The smallest absolute Gasteiger partial charge is 0.280 e. The summed E-state index contributed by atoms with van der Waals surface area (Å²) in [4.78, 5) is 12.0. The third-order valence-electron chi connectivity index (χ3n) is 3.06. The SMILES string of the molecule is COc1ccc(Br)c(C=NNC(=O)C(C)Oc2cccc(Cl)c2)c1. The second kappa shape index (κ2) is 8.70. The predicted octanol–water partition coefficient (Wildman–Crippen LogP) is 4.03. The van der Waals surface area contributed by atoms with Crippen LogP contribution in [0.3, 0.4) is 0 Å². The van der Waals surface area contributed by atoms with Crippen molar-refractivity contribution in [1.82, 2.24) is 5.43 Å². The maximum Gasteiger partial charge on any atom is 0.280 e. The first-order chi connectivity index (χ1) is 11.5. The molecule has 1 amide bonds. The van der Waals surface area contributed by atoms with E-state index in [1.807, 2.05) is 12.1 Å². The molecule has 0 aromatic heterocycles. The van der Waals surface area contributed by atoms with Crippen LogP contribution < -0.4 is 14.9 Å². The van der Waals surface area contributed by atoms with E-state index in [1.54, 1.807) is 44.4 Å². The molecule has 0 fully saturated rings. The Labute approximate surface area is 153 Å². The first kappa shape index (κ1) is 18.3. The summed E-state index contributed by atoms with van der Waals surface area (Å²) in [7, 11) is 1.58. The van der Waals surface area contributed by atoms with Gasteiger partial charge in [-0.25, -0.2) is 5.43 Å². The Kier molecular flexibility index (Phi) is 6.63. The number of hydrogen-bond acceptors (Lipinski definition) is 4. The van der Waals surface area contributed by atoms with Gasteiger partial charge in [-0.1, -0.05) is 33.6 Å². The highest BCUT2D eigenvalue weighted by atomic mass is 79.9. The van der Waals surface area contributed by atoms with Crippen LogP contribution in [-0.2, 0) is 4.79 Å². The second-order valence-electron chi connectivity index (χ2n) is 4.84. The van der Waals surface area contributed by atoms with E-state index in [-0.39, 0.29) is 5.91 Å². The zero-order valence-electron chi connectivity index (χ0n) is 13.1. The van der Waals surface area contributed by atoms with Gasteiger partial charge >= 0.3 is 0 Å². The van der Waals surface area contributed by atoms with Crippen LogP contribution in [-0.4, -0.2) is 25.3 Å². The van der Waals surface area contributed by atoms with Crippen molar-refractivity contribution in [1.29, 1.82) is 0 Å². The highest BCUT2D eigenvalue weighted by molar-refractivity contribution is 9.10.